The number of aromatic amines is 1. The Morgan fingerprint density at radius 1 is 1.25 bits per heavy atom. The number of carboxylic acids is 2. The fourth-order valence-electron chi connectivity index (χ4n) is 3.80. The molecule has 1 unspecified atom stereocenters. The molecule has 36 heavy (non-hydrogen) atoms. The lowest BCUT2D eigenvalue weighted by Gasteiger charge is -2.49. The zero-order chi connectivity index (χ0) is 26.2. The maximum absolute atomic E-state index is 12.9. The van der Waals surface area contributed by atoms with Gasteiger partial charge in [-0.1, -0.05) is 42.1 Å². The Morgan fingerprint density at radius 3 is 2.58 bits per heavy atom. The van der Waals surface area contributed by atoms with E-state index in [9.17, 15) is 34.5 Å². The summed E-state index contributed by atoms with van der Waals surface area (Å²) >= 11 is 2.42. The fourth-order valence-corrected chi connectivity index (χ4v) is 6.37. The third-order valence-corrected chi connectivity index (χ3v) is 8.33. The van der Waals surface area contributed by atoms with Gasteiger partial charge in [-0.25, -0.2) is 4.79 Å². The third-order valence-electron chi connectivity index (χ3n) is 5.94. The highest BCUT2D eigenvalue weighted by atomic mass is 32.2. The number of hydrogen-bond acceptors (Lipinski definition) is 9. The van der Waals surface area contributed by atoms with Gasteiger partial charge in [-0.05, 0) is 25.0 Å². The number of carbonyl (C=O) groups excluding carboxylic acids is 2. The van der Waals surface area contributed by atoms with Crippen molar-refractivity contribution in [3.63, 3.8) is 0 Å². The highest BCUT2D eigenvalue weighted by Crippen LogP contribution is 2.42. The number of rotatable bonds is 9. The second kappa shape index (κ2) is 9.95. The molecule has 5 N–H and O–H groups in total. The Hall–Kier alpha value is -3.36. The van der Waals surface area contributed by atoms with Crippen LogP contribution in [0.1, 0.15) is 31.2 Å². The number of β-lactam (4-membered cyclic amide) rings is 1. The van der Waals surface area contributed by atoms with Crippen LogP contribution in [0.5, 0.6) is 0 Å². The molecule has 2 amide bonds. The molecule has 0 bridgehead atoms. The molecule has 1 aromatic carbocycles. The van der Waals surface area contributed by atoms with E-state index in [1.807, 2.05) is 0 Å². The minimum Gasteiger partial charge on any atom is -0.481 e. The molecule has 4 rings (SSSR count). The summed E-state index contributed by atoms with van der Waals surface area (Å²) in [5.74, 6) is -3.30. The Labute approximate surface area is 213 Å². The van der Waals surface area contributed by atoms with Gasteiger partial charge in [-0.2, -0.15) is 10.3 Å². The molecule has 190 valence electrons. The molecule has 1 saturated heterocycles. The number of nitrogens with zero attached hydrogens (tertiary/aromatic N) is 3. The Kier molecular flexibility index (Phi) is 7.11. The number of thioether (sulfide) groups is 2. The lowest BCUT2D eigenvalue weighted by Crippen LogP contribution is -2.70. The predicted molar refractivity (Wildman–Crippen MR) is 129 cm³/mol. The van der Waals surface area contributed by atoms with Gasteiger partial charge in [0.05, 0.1) is 0 Å². The molecule has 2 aromatic rings. The van der Waals surface area contributed by atoms with Gasteiger partial charge in [0.1, 0.15) is 33.2 Å². The standard InChI is InChI=1S/C22H23N5O7S2/c1-22(2,21(33)34)15-17(25-26-24-15)35-8-11-9-36-19-12(18(30)27(19)13(11)20(31)32)23-16(29)14(28)10-6-4-3-5-7-10/h3-7,12,14,19,28H,8-9H2,1-2H3,(H,23,29)(H,31,32)(H,33,34)(H,24,25,26)/t12?,14-,19-/m1/s1. The van der Waals surface area contributed by atoms with Crippen LogP contribution in [-0.2, 0) is 24.6 Å². The zero-order valence-corrected chi connectivity index (χ0v) is 20.8. The summed E-state index contributed by atoms with van der Waals surface area (Å²) in [5.41, 5.74) is -0.432. The normalized spacial score (nSPS) is 20.4. The lowest BCUT2D eigenvalue weighted by molar-refractivity contribution is -0.151. The number of fused-ring (bicyclic) bond motifs is 1. The molecular formula is C22H23N5O7S2. The summed E-state index contributed by atoms with van der Waals surface area (Å²) in [6.45, 7) is 2.98. The van der Waals surface area contributed by atoms with Gasteiger partial charge in [0.2, 0.25) is 0 Å². The van der Waals surface area contributed by atoms with Crippen molar-refractivity contribution >= 4 is 47.3 Å². The van der Waals surface area contributed by atoms with Crippen molar-refractivity contribution in [3.05, 3.63) is 52.9 Å². The van der Waals surface area contributed by atoms with E-state index >= 15 is 0 Å². The van der Waals surface area contributed by atoms with Gasteiger partial charge < -0.3 is 20.6 Å². The number of aliphatic hydroxyl groups excluding tert-OH is 1. The van der Waals surface area contributed by atoms with E-state index in [2.05, 4.69) is 20.7 Å². The largest absolute Gasteiger partial charge is 0.481 e. The molecule has 0 saturated carbocycles. The number of aromatic nitrogens is 3. The average Bonchev–Trinajstić information content (AvgIpc) is 3.34. The number of aliphatic hydroxyl groups is 1. The Balaban J connectivity index is 1.48. The topological polar surface area (TPSA) is 186 Å². The molecule has 2 aliphatic rings. The van der Waals surface area contributed by atoms with Crippen molar-refractivity contribution in [2.45, 2.75) is 41.8 Å². The second-order valence-corrected chi connectivity index (χ2v) is 10.7. The van der Waals surface area contributed by atoms with Crippen LogP contribution in [0, 0.1) is 0 Å². The predicted octanol–water partition coefficient (Wildman–Crippen LogP) is 0.731. The van der Waals surface area contributed by atoms with Gasteiger partial charge >= 0.3 is 11.9 Å². The van der Waals surface area contributed by atoms with Gasteiger partial charge in [0.15, 0.2) is 6.10 Å². The number of carboxylic acid groups (broad SMARTS) is 2. The van der Waals surface area contributed by atoms with E-state index in [1.54, 1.807) is 30.3 Å². The van der Waals surface area contributed by atoms with Crippen LogP contribution in [0.15, 0.2) is 46.6 Å². The van der Waals surface area contributed by atoms with Crippen molar-refractivity contribution < 1.29 is 34.5 Å². The second-order valence-electron chi connectivity index (χ2n) is 8.66. The highest BCUT2D eigenvalue weighted by Gasteiger charge is 2.54. The minimum absolute atomic E-state index is 0.143. The summed E-state index contributed by atoms with van der Waals surface area (Å²) in [5, 5.41) is 42.2. The quantitative estimate of drug-likeness (QED) is 0.226. The first-order valence-electron chi connectivity index (χ1n) is 10.7. The van der Waals surface area contributed by atoms with Crippen LogP contribution in [0.4, 0.5) is 0 Å². The molecule has 12 nitrogen and oxygen atoms in total. The number of benzene rings is 1. The van der Waals surface area contributed by atoms with E-state index in [1.165, 1.54) is 25.6 Å². The van der Waals surface area contributed by atoms with Crippen molar-refractivity contribution in [1.29, 1.82) is 0 Å². The number of aliphatic carboxylic acids is 2. The first-order valence-corrected chi connectivity index (χ1v) is 12.8. The molecule has 0 radical (unpaired) electrons. The van der Waals surface area contributed by atoms with E-state index in [0.29, 0.717) is 16.2 Å². The first kappa shape index (κ1) is 25.7. The lowest BCUT2D eigenvalue weighted by atomic mass is 9.90. The molecule has 3 atom stereocenters. The van der Waals surface area contributed by atoms with Gasteiger partial charge in [-0.15, -0.1) is 16.9 Å². The number of hydrogen-bond donors (Lipinski definition) is 5. The monoisotopic (exact) mass is 533 g/mol. The number of carbonyl (C=O) groups is 4. The number of H-pyrrole nitrogens is 1. The number of nitrogens with one attached hydrogen (secondary N) is 2. The maximum atomic E-state index is 12.9. The van der Waals surface area contributed by atoms with Gasteiger partial charge in [0.25, 0.3) is 11.8 Å². The van der Waals surface area contributed by atoms with Crippen molar-refractivity contribution in [2.75, 3.05) is 11.5 Å². The van der Waals surface area contributed by atoms with Crippen LogP contribution in [0.3, 0.4) is 0 Å². The summed E-state index contributed by atoms with van der Waals surface area (Å²) < 4.78 is 0. The SMILES string of the molecule is CC(C)(C(=O)O)c1n[nH]nc1SCC1=C(C(=O)O)N2C(=O)C(NC(=O)[C@H](O)c3ccccc3)[C@H]2SC1. The summed E-state index contributed by atoms with van der Waals surface area (Å²) in [7, 11) is 0. The highest BCUT2D eigenvalue weighted by molar-refractivity contribution is 8.01. The van der Waals surface area contributed by atoms with Crippen LogP contribution in [-0.4, -0.2) is 82.3 Å². The number of amides is 2. The molecule has 0 spiro atoms. The van der Waals surface area contributed by atoms with E-state index in [-0.39, 0.29) is 22.9 Å². The molecule has 14 heteroatoms. The third kappa shape index (κ3) is 4.58. The Morgan fingerprint density at radius 2 is 1.94 bits per heavy atom. The van der Waals surface area contributed by atoms with E-state index < -0.39 is 46.7 Å². The summed E-state index contributed by atoms with van der Waals surface area (Å²) in [6, 6.07) is 7.29. The molecular weight excluding hydrogens is 510 g/mol. The van der Waals surface area contributed by atoms with Crippen LogP contribution in [0.2, 0.25) is 0 Å². The maximum Gasteiger partial charge on any atom is 0.352 e. The van der Waals surface area contributed by atoms with Crippen molar-refractivity contribution in [1.82, 2.24) is 25.6 Å². The summed E-state index contributed by atoms with van der Waals surface area (Å²) in [4.78, 5) is 50.2. The van der Waals surface area contributed by atoms with Crippen LogP contribution in [0.25, 0.3) is 0 Å². The molecule has 0 aliphatic carbocycles. The van der Waals surface area contributed by atoms with Crippen molar-refractivity contribution in [2.24, 2.45) is 0 Å². The van der Waals surface area contributed by atoms with E-state index in [4.69, 9.17) is 0 Å². The summed E-state index contributed by atoms with van der Waals surface area (Å²) in [6.07, 6.45) is -1.46. The molecule has 3 heterocycles. The average molecular weight is 534 g/mol. The van der Waals surface area contributed by atoms with Crippen LogP contribution >= 0.6 is 23.5 Å². The smallest absolute Gasteiger partial charge is 0.352 e. The van der Waals surface area contributed by atoms with Crippen LogP contribution < -0.4 is 5.32 Å². The van der Waals surface area contributed by atoms with Crippen molar-refractivity contribution in [3.8, 4) is 0 Å². The minimum atomic E-state index is -1.46. The zero-order valence-electron chi connectivity index (χ0n) is 19.2. The Bertz CT molecular complexity index is 1250. The first-order chi connectivity index (χ1) is 17.0. The fraction of sp³-hybridized carbons (Fsp3) is 0.364. The molecule has 1 fully saturated rings. The van der Waals surface area contributed by atoms with E-state index in [0.717, 1.165) is 16.7 Å². The molecule has 1 aromatic heterocycles. The van der Waals surface area contributed by atoms with Gasteiger partial charge in [-0.3, -0.25) is 19.3 Å². The van der Waals surface area contributed by atoms with Gasteiger partial charge in [0, 0.05) is 11.5 Å². The molecule has 2 aliphatic heterocycles.